The Balaban J connectivity index is 1.55. The van der Waals surface area contributed by atoms with Crippen LogP contribution in [0, 0.1) is 0 Å². The molecule has 0 aliphatic carbocycles. The zero-order chi connectivity index (χ0) is 22.9. The van der Waals surface area contributed by atoms with E-state index in [4.69, 9.17) is 4.74 Å². The summed E-state index contributed by atoms with van der Waals surface area (Å²) in [5.74, 6) is -1.28. The van der Waals surface area contributed by atoms with Gasteiger partial charge in [-0.3, -0.25) is 9.59 Å². The molecular weight excluding hydrogens is 416 g/mol. The summed E-state index contributed by atoms with van der Waals surface area (Å²) in [7, 11) is 0. The van der Waals surface area contributed by atoms with Crippen molar-refractivity contribution in [3.63, 3.8) is 0 Å². The Kier molecular flexibility index (Phi) is 5.42. The van der Waals surface area contributed by atoms with E-state index in [9.17, 15) is 14.4 Å². The molecule has 0 radical (unpaired) electrons. The first-order valence-corrected chi connectivity index (χ1v) is 11.1. The van der Waals surface area contributed by atoms with Gasteiger partial charge in [0.25, 0.3) is 5.91 Å². The second-order valence-electron chi connectivity index (χ2n) is 8.25. The second kappa shape index (κ2) is 8.54. The number of carbonyl (C=O) groups is 3. The molecule has 2 heterocycles. The average Bonchev–Trinajstić information content (AvgIpc) is 2.84. The Bertz CT molecular complexity index is 1250. The van der Waals surface area contributed by atoms with Gasteiger partial charge in [-0.15, -0.1) is 0 Å². The highest BCUT2D eigenvalue weighted by Crippen LogP contribution is 2.46. The normalized spacial score (nSPS) is 18.6. The van der Waals surface area contributed by atoms with Crippen LogP contribution in [-0.2, 0) is 16.0 Å². The maximum atomic E-state index is 13.7. The number of hydrogen-bond acceptors (Lipinski definition) is 4. The van der Waals surface area contributed by atoms with Crippen molar-refractivity contribution in [3.8, 4) is 0 Å². The van der Waals surface area contributed by atoms with E-state index in [1.165, 1.54) is 0 Å². The van der Waals surface area contributed by atoms with Gasteiger partial charge in [-0.1, -0.05) is 48.5 Å². The molecule has 5 rings (SSSR count). The molecule has 2 unspecified atom stereocenters. The van der Waals surface area contributed by atoms with Crippen LogP contribution in [0.3, 0.4) is 0 Å². The average molecular weight is 440 g/mol. The molecule has 0 aromatic heterocycles. The Labute approximate surface area is 192 Å². The first-order valence-electron chi connectivity index (χ1n) is 11.1. The van der Waals surface area contributed by atoms with Crippen LogP contribution in [-0.4, -0.2) is 35.8 Å². The maximum Gasteiger partial charge on any atom is 0.338 e. The largest absolute Gasteiger partial charge is 0.462 e. The number of benzene rings is 3. The lowest BCUT2D eigenvalue weighted by Crippen LogP contribution is -2.49. The van der Waals surface area contributed by atoms with Crippen molar-refractivity contribution in [2.75, 3.05) is 18.5 Å². The van der Waals surface area contributed by atoms with Crippen molar-refractivity contribution in [3.05, 3.63) is 101 Å². The number of carbonyl (C=O) groups excluding carboxylic acids is 3. The monoisotopic (exact) mass is 440 g/mol. The Morgan fingerprint density at radius 1 is 1.00 bits per heavy atom. The van der Waals surface area contributed by atoms with Crippen LogP contribution in [0.1, 0.15) is 56.3 Å². The number of esters is 1. The van der Waals surface area contributed by atoms with Crippen LogP contribution in [0.2, 0.25) is 0 Å². The number of rotatable bonds is 4. The summed E-state index contributed by atoms with van der Waals surface area (Å²) in [4.78, 5) is 41.0. The van der Waals surface area contributed by atoms with Crippen molar-refractivity contribution in [2.45, 2.75) is 25.3 Å². The van der Waals surface area contributed by atoms with E-state index in [0.29, 0.717) is 23.4 Å². The van der Waals surface area contributed by atoms with Crippen LogP contribution >= 0.6 is 0 Å². The fraction of sp³-hybridized carbons (Fsp3) is 0.222. The van der Waals surface area contributed by atoms with Crippen LogP contribution in [0.5, 0.6) is 0 Å². The number of ether oxygens (including phenoxy) is 1. The first-order chi connectivity index (χ1) is 16.1. The fourth-order valence-corrected chi connectivity index (χ4v) is 4.92. The predicted molar refractivity (Wildman–Crippen MR) is 124 cm³/mol. The van der Waals surface area contributed by atoms with Crippen LogP contribution in [0.15, 0.2) is 72.8 Å². The molecule has 2 aliphatic heterocycles. The number of nitrogens with zero attached hydrogens (tertiary/aromatic N) is 1. The van der Waals surface area contributed by atoms with E-state index >= 15 is 0 Å². The zero-order valence-electron chi connectivity index (χ0n) is 18.3. The lowest BCUT2D eigenvalue weighted by molar-refractivity contribution is -0.119. The molecule has 3 aromatic rings. The highest BCUT2D eigenvalue weighted by Gasteiger charge is 2.46. The third kappa shape index (κ3) is 3.67. The molecule has 3 aromatic carbocycles. The summed E-state index contributed by atoms with van der Waals surface area (Å²) in [5.41, 5.74) is 4.34. The summed E-state index contributed by atoms with van der Waals surface area (Å²) in [6.07, 6.45) is 0.760. The van der Waals surface area contributed by atoms with Gasteiger partial charge in [0.1, 0.15) is 0 Å². The number of hydrogen-bond donors (Lipinski definition) is 1. The third-order valence-electron chi connectivity index (χ3n) is 6.36. The topological polar surface area (TPSA) is 75.7 Å². The molecule has 0 saturated heterocycles. The molecule has 2 aliphatic rings. The predicted octanol–water partition coefficient (Wildman–Crippen LogP) is 4.34. The van der Waals surface area contributed by atoms with E-state index in [1.807, 2.05) is 41.3 Å². The van der Waals surface area contributed by atoms with Crippen molar-refractivity contribution < 1.29 is 19.1 Å². The molecule has 0 spiro atoms. The standard InChI is InChI=1S/C27H24N2O4/c1-2-33-27(32)18-9-7-10-19(16-18)28-25(30)23-21-12-5-6-13-22(21)26(31)29-15-14-17-8-3-4-11-20(17)24(23)29/h3-13,16,23-24H,2,14-15H2,1H3,(H,28,30). The molecule has 166 valence electrons. The van der Waals surface area contributed by atoms with E-state index in [0.717, 1.165) is 23.1 Å². The summed E-state index contributed by atoms with van der Waals surface area (Å²) in [6, 6.07) is 21.7. The van der Waals surface area contributed by atoms with Crippen LogP contribution in [0.4, 0.5) is 5.69 Å². The van der Waals surface area contributed by atoms with Gasteiger partial charge in [-0.2, -0.15) is 0 Å². The number of anilines is 1. The van der Waals surface area contributed by atoms with Gasteiger partial charge in [0.2, 0.25) is 5.91 Å². The third-order valence-corrected chi connectivity index (χ3v) is 6.36. The number of nitrogens with one attached hydrogen (secondary N) is 1. The van der Waals surface area contributed by atoms with Gasteiger partial charge in [-0.25, -0.2) is 4.79 Å². The van der Waals surface area contributed by atoms with E-state index in [1.54, 1.807) is 37.3 Å². The summed E-state index contributed by atoms with van der Waals surface area (Å²) in [6.45, 7) is 2.59. The molecule has 2 atom stereocenters. The van der Waals surface area contributed by atoms with Crippen molar-refractivity contribution in [1.29, 1.82) is 0 Å². The number of fused-ring (bicyclic) bond motifs is 4. The Morgan fingerprint density at radius 2 is 1.76 bits per heavy atom. The fourth-order valence-electron chi connectivity index (χ4n) is 4.92. The smallest absolute Gasteiger partial charge is 0.338 e. The molecule has 1 N–H and O–H groups in total. The summed E-state index contributed by atoms with van der Waals surface area (Å²) < 4.78 is 5.08. The summed E-state index contributed by atoms with van der Waals surface area (Å²) in [5, 5.41) is 2.98. The molecular formula is C27H24N2O4. The molecule has 6 nitrogen and oxygen atoms in total. The van der Waals surface area contributed by atoms with Gasteiger partial charge >= 0.3 is 5.97 Å². The second-order valence-corrected chi connectivity index (χ2v) is 8.25. The number of amides is 2. The van der Waals surface area contributed by atoms with E-state index < -0.39 is 11.9 Å². The van der Waals surface area contributed by atoms with Crippen LogP contribution < -0.4 is 5.32 Å². The van der Waals surface area contributed by atoms with Crippen molar-refractivity contribution in [1.82, 2.24) is 4.90 Å². The quantitative estimate of drug-likeness (QED) is 0.613. The van der Waals surface area contributed by atoms with Gasteiger partial charge in [0.15, 0.2) is 0 Å². The highest BCUT2D eigenvalue weighted by atomic mass is 16.5. The summed E-state index contributed by atoms with van der Waals surface area (Å²) >= 11 is 0. The SMILES string of the molecule is CCOC(=O)c1cccc(NC(=O)C2c3ccccc3C(=O)N3CCc4ccccc4C23)c1. The minimum absolute atomic E-state index is 0.0431. The van der Waals surface area contributed by atoms with E-state index in [2.05, 4.69) is 11.4 Å². The van der Waals surface area contributed by atoms with E-state index in [-0.39, 0.29) is 24.5 Å². The van der Waals surface area contributed by atoms with Gasteiger partial charge < -0.3 is 15.0 Å². The lowest BCUT2D eigenvalue weighted by atomic mass is 9.76. The minimum Gasteiger partial charge on any atom is -0.462 e. The zero-order valence-corrected chi connectivity index (χ0v) is 18.3. The minimum atomic E-state index is -0.577. The molecule has 2 amide bonds. The van der Waals surface area contributed by atoms with Crippen LogP contribution in [0.25, 0.3) is 0 Å². The van der Waals surface area contributed by atoms with Gasteiger partial charge in [0, 0.05) is 17.8 Å². The van der Waals surface area contributed by atoms with Crippen molar-refractivity contribution >= 4 is 23.5 Å². The molecule has 33 heavy (non-hydrogen) atoms. The first kappa shape index (κ1) is 20.9. The highest BCUT2D eigenvalue weighted by molar-refractivity contribution is 6.05. The molecule has 6 heteroatoms. The van der Waals surface area contributed by atoms with Crippen molar-refractivity contribution in [2.24, 2.45) is 0 Å². The van der Waals surface area contributed by atoms with Gasteiger partial charge in [0.05, 0.1) is 24.1 Å². The van der Waals surface area contributed by atoms with Gasteiger partial charge in [-0.05, 0) is 54.3 Å². The Morgan fingerprint density at radius 3 is 2.58 bits per heavy atom. The molecule has 0 fully saturated rings. The molecule has 0 bridgehead atoms. The lowest BCUT2D eigenvalue weighted by Gasteiger charge is -2.45. The maximum absolute atomic E-state index is 13.7. The Hall–Kier alpha value is -3.93. The molecule has 0 saturated carbocycles.